The van der Waals surface area contributed by atoms with E-state index in [2.05, 4.69) is 28.2 Å². The molecule has 0 unspecified atom stereocenters. The Hall–Kier alpha value is -0.590. The highest BCUT2D eigenvalue weighted by Crippen LogP contribution is 2.23. The second kappa shape index (κ2) is 8.64. The Bertz CT molecular complexity index is 517. The molecule has 114 valence electrons. The summed E-state index contributed by atoms with van der Waals surface area (Å²) in [5.74, 6) is 0.950. The fourth-order valence-electron chi connectivity index (χ4n) is 1.65. The molecule has 1 rings (SSSR count). The molecule has 20 heavy (non-hydrogen) atoms. The Kier molecular flexibility index (Phi) is 7.55. The Labute approximate surface area is 130 Å². The van der Waals surface area contributed by atoms with Crippen LogP contribution in [0.15, 0.2) is 22.7 Å². The molecule has 1 aromatic rings. The predicted molar refractivity (Wildman–Crippen MR) is 86.0 cm³/mol. The Balaban J connectivity index is 2.64. The second-order valence-corrected chi connectivity index (χ2v) is 7.90. The fourth-order valence-corrected chi connectivity index (χ4v) is 2.68. The van der Waals surface area contributed by atoms with Gasteiger partial charge in [0.25, 0.3) is 0 Å². The molecule has 0 fully saturated rings. The standard InChI is InChI=1S/C14H22BrNO3S/c1-3-7-16-11-12-10-13(15)5-6-14(12)19-8-9-20(17,18)4-2/h5-6,10,16H,3-4,7-9,11H2,1-2H3. The van der Waals surface area contributed by atoms with E-state index in [0.29, 0.717) is 6.54 Å². The molecule has 1 N–H and O–H groups in total. The van der Waals surface area contributed by atoms with E-state index < -0.39 is 9.84 Å². The van der Waals surface area contributed by atoms with Crippen LogP contribution in [0.4, 0.5) is 0 Å². The summed E-state index contributed by atoms with van der Waals surface area (Å²) in [4.78, 5) is 0. The van der Waals surface area contributed by atoms with E-state index in [1.807, 2.05) is 18.2 Å². The van der Waals surface area contributed by atoms with E-state index in [9.17, 15) is 8.42 Å². The van der Waals surface area contributed by atoms with Crippen LogP contribution in [-0.2, 0) is 16.4 Å². The van der Waals surface area contributed by atoms with Gasteiger partial charge in [0.15, 0.2) is 9.84 Å². The fraction of sp³-hybridized carbons (Fsp3) is 0.571. The van der Waals surface area contributed by atoms with Crippen LogP contribution in [0, 0.1) is 0 Å². The summed E-state index contributed by atoms with van der Waals surface area (Å²) in [6, 6.07) is 5.75. The maximum absolute atomic E-state index is 11.4. The van der Waals surface area contributed by atoms with Crippen molar-refractivity contribution in [2.45, 2.75) is 26.8 Å². The highest BCUT2D eigenvalue weighted by molar-refractivity contribution is 9.10. The van der Waals surface area contributed by atoms with Gasteiger partial charge in [0, 0.05) is 22.3 Å². The van der Waals surface area contributed by atoms with Gasteiger partial charge in [-0.3, -0.25) is 0 Å². The topological polar surface area (TPSA) is 55.4 Å². The van der Waals surface area contributed by atoms with Crippen LogP contribution in [0.5, 0.6) is 5.75 Å². The van der Waals surface area contributed by atoms with Crippen molar-refractivity contribution in [3.05, 3.63) is 28.2 Å². The number of hydrogen-bond acceptors (Lipinski definition) is 4. The minimum atomic E-state index is -2.98. The lowest BCUT2D eigenvalue weighted by atomic mass is 10.2. The number of nitrogens with one attached hydrogen (secondary N) is 1. The zero-order chi connectivity index (χ0) is 15.0. The predicted octanol–water partition coefficient (Wildman–Crippen LogP) is 2.76. The lowest BCUT2D eigenvalue weighted by molar-refractivity contribution is 0.336. The number of sulfone groups is 1. The molecular formula is C14H22BrNO3S. The molecule has 0 bridgehead atoms. The van der Waals surface area contributed by atoms with Crippen LogP contribution >= 0.6 is 15.9 Å². The molecular weight excluding hydrogens is 342 g/mol. The molecule has 0 aliphatic carbocycles. The summed E-state index contributed by atoms with van der Waals surface area (Å²) in [6.07, 6.45) is 1.07. The Morgan fingerprint density at radius 2 is 2.05 bits per heavy atom. The largest absolute Gasteiger partial charge is 0.492 e. The lowest BCUT2D eigenvalue weighted by Crippen LogP contribution is -2.18. The van der Waals surface area contributed by atoms with Crippen LogP contribution < -0.4 is 10.1 Å². The van der Waals surface area contributed by atoms with Crippen molar-refractivity contribution in [1.82, 2.24) is 5.32 Å². The van der Waals surface area contributed by atoms with Crippen molar-refractivity contribution in [3.63, 3.8) is 0 Å². The average molecular weight is 364 g/mol. The molecule has 0 aromatic heterocycles. The summed E-state index contributed by atoms with van der Waals surface area (Å²) in [7, 11) is -2.98. The van der Waals surface area contributed by atoms with Crippen molar-refractivity contribution >= 4 is 25.8 Å². The minimum absolute atomic E-state index is 0.0569. The first kappa shape index (κ1) is 17.5. The molecule has 1 aromatic carbocycles. The third-order valence-electron chi connectivity index (χ3n) is 2.86. The highest BCUT2D eigenvalue weighted by atomic mass is 79.9. The van der Waals surface area contributed by atoms with Gasteiger partial charge in [0.05, 0.1) is 5.75 Å². The van der Waals surface area contributed by atoms with Crippen molar-refractivity contribution in [1.29, 1.82) is 0 Å². The normalized spacial score (nSPS) is 11.6. The first-order valence-electron chi connectivity index (χ1n) is 6.81. The summed E-state index contributed by atoms with van der Waals surface area (Å²) >= 11 is 3.44. The van der Waals surface area contributed by atoms with E-state index in [-0.39, 0.29) is 18.1 Å². The van der Waals surface area contributed by atoms with Crippen LogP contribution in [-0.4, -0.2) is 33.1 Å². The van der Waals surface area contributed by atoms with Gasteiger partial charge in [-0.25, -0.2) is 8.42 Å². The Morgan fingerprint density at radius 3 is 2.70 bits per heavy atom. The van der Waals surface area contributed by atoms with Gasteiger partial charge in [-0.05, 0) is 31.2 Å². The van der Waals surface area contributed by atoms with Crippen molar-refractivity contribution < 1.29 is 13.2 Å². The number of hydrogen-bond donors (Lipinski definition) is 1. The van der Waals surface area contributed by atoms with E-state index in [1.54, 1.807) is 6.92 Å². The number of benzene rings is 1. The third-order valence-corrected chi connectivity index (χ3v) is 5.02. The molecule has 0 saturated heterocycles. The van der Waals surface area contributed by atoms with E-state index in [4.69, 9.17) is 4.74 Å². The van der Waals surface area contributed by atoms with E-state index in [1.165, 1.54) is 0 Å². The molecule has 4 nitrogen and oxygen atoms in total. The first-order valence-corrected chi connectivity index (χ1v) is 9.42. The van der Waals surface area contributed by atoms with E-state index >= 15 is 0 Å². The molecule has 0 radical (unpaired) electrons. The maximum atomic E-state index is 11.4. The maximum Gasteiger partial charge on any atom is 0.153 e. The van der Waals surface area contributed by atoms with Gasteiger partial charge in [-0.15, -0.1) is 0 Å². The van der Waals surface area contributed by atoms with Crippen LogP contribution in [0.2, 0.25) is 0 Å². The molecule has 0 amide bonds. The van der Waals surface area contributed by atoms with Crippen LogP contribution in [0.3, 0.4) is 0 Å². The zero-order valence-electron chi connectivity index (χ0n) is 12.0. The molecule has 0 aliphatic heterocycles. The zero-order valence-corrected chi connectivity index (χ0v) is 14.4. The van der Waals surface area contributed by atoms with Gasteiger partial charge in [-0.2, -0.15) is 0 Å². The number of ether oxygens (including phenoxy) is 1. The van der Waals surface area contributed by atoms with Gasteiger partial charge in [-0.1, -0.05) is 29.8 Å². The van der Waals surface area contributed by atoms with Gasteiger partial charge in [0.1, 0.15) is 12.4 Å². The van der Waals surface area contributed by atoms with Crippen LogP contribution in [0.25, 0.3) is 0 Å². The van der Waals surface area contributed by atoms with E-state index in [0.717, 1.165) is 28.8 Å². The minimum Gasteiger partial charge on any atom is -0.492 e. The molecule has 0 heterocycles. The monoisotopic (exact) mass is 363 g/mol. The van der Waals surface area contributed by atoms with Gasteiger partial charge >= 0.3 is 0 Å². The highest BCUT2D eigenvalue weighted by Gasteiger charge is 2.09. The van der Waals surface area contributed by atoms with Crippen molar-refractivity contribution in [2.24, 2.45) is 0 Å². The molecule has 0 spiro atoms. The Morgan fingerprint density at radius 1 is 1.30 bits per heavy atom. The third kappa shape index (κ3) is 6.24. The van der Waals surface area contributed by atoms with Gasteiger partial charge in [0.2, 0.25) is 0 Å². The summed E-state index contributed by atoms with van der Waals surface area (Å²) in [5, 5.41) is 3.32. The molecule has 6 heteroatoms. The van der Waals surface area contributed by atoms with Crippen molar-refractivity contribution in [2.75, 3.05) is 24.7 Å². The summed E-state index contributed by atoms with van der Waals surface area (Å²) < 4.78 is 29.5. The molecule has 0 saturated carbocycles. The summed E-state index contributed by atoms with van der Waals surface area (Å²) in [6.45, 7) is 5.61. The lowest BCUT2D eigenvalue weighted by Gasteiger charge is -2.12. The van der Waals surface area contributed by atoms with Crippen molar-refractivity contribution in [3.8, 4) is 5.75 Å². The number of halogens is 1. The smallest absolute Gasteiger partial charge is 0.153 e. The average Bonchev–Trinajstić information content (AvgIpc) is 2.41. The quantitative estimate of drug-likeness (QED) is 0.685. The second-order valence-electron chi connectivity index (χ2n) is 4.51. The summed E-state index contributed by atoms with van der Waals surface area (Å²) in [5.41, 5.74) is 1.03. The first-order chi connectivity index (χ1) is 9.48. The molecule has 0 aliphatic rings. The SMILES string of the molecule is CCCNCc1cc(Br)ccc1OCCS(=O)(=O)CC. The van der Waals surface area contributed by atoms with Gasteiger partial charge < -0.3 is 10.1 Å². The van der Waals surface area contributed by atoms with Crippen LogP contribution in [0.1, 0.15) is 25.8 Å². The number of rotatable bonds is 9. The molecule has 0 atom stereocenters.